The maximum Gasteiger partial charge on any atom is 0.307 e. The first-order valence-corrected chi connectivity index (χ1v) is 4.80. The Kier molecular flexibility index (Phi) is 2.56. The molecule has 76 valence electrons. The Hall–Kier alpha value is -1.61. The second-order valence-electron chi connectivity index (χ2n) is 3.17. The molecule has 0 spiro atoms. The van der Waals surface area contributed by atoms with Gasteiger partial charge >= 0.3 is 5.97 Å². The zero-order valence-corrected chi connectivity index (χ0v) is 8.53. The number of benzene rings is 1. The second-order valence-corrected chi connectivity index (χ2v) is 3.58. The molecule has 0 saturated heterocycles. The van der Waals surface area contributed by atoms with Gasteiger partial charge in [-0.3, -0.25) is 9.78 Å². The molecule has 2 rings (SSSR count). The van der Waals surface area contributed by atoms with E-state index in [4.69, 9.17) is 16.7 Å². The topological polar surface area (TPSA) is 50.2 Å². The quantitative estimate of drug-likeness (QED) is 0.848. The Bertz CT molecular complexity index is 525. The Morgan fingerprint density at radius 1 is 1.40 bits per heavy atom. The molecule has 0 bridgehead atoms. The average Bonchev–Trinajstić information content (AvgIpc) is 2.22. The minimum atomic E-state index is -0.907. The number of aliphatic carboxylic acids is 1. The first-order valence-electron chi connectivity index (χ1n) is 4.42. The summed E-state index contributed by atoms with van der Waals surface area (Å²) in [7, 11) is 0. The van der Waals surface area contributed by atoms with Crippen LogP contribution in [0.15, 0.2) is 30.5 Å². The summed E-state index contributed by atoms with van der Waals surface area (Å²) in [6.07, 6.45) is 1.52. The Balaban J connectivity index is 2.68. The van der Waals surface area contributed by atoms with E-state index in [2.05, 4.69) is 4.98 Å². The third kappa shape index (κ3) is 1.92. The number of fused-ring (bicyclic) bond motifs is 1. The summed E-state index contributed by atoms with van der Waals surface area (Å²) in [6.45, 7) is 0. The van der Waals surface area contributed by atoms with Crippen molar-refractivity contribution in [3.05, 3.63) is 41.0 Å². The number of carboxylic acid groups (broad SMARTS) is 1. The van der Waals surface area contributed by atoms with Crippen molar-refractivity contribution in [3.63, 3.8) is 0 Å². The second kappa shape index (κ2) is 3.87. The van der Waals surface area contributed by atoms with Crippen molar-refractivity contribution in [2.24, 2.45) is 0 Å². The van der Waals surface area contributed by atoms with Crippen molar-refractivity contribution in [2.75, 3.05) is 0 Å². The first kappa shape index (κ1) is 9.93. The average molecular weight is 222 g/mol. The Labute approximate surface area is 91.3 Å². The van der Waals surface area contributed by atoms with Crippen molar-refractivity contribution in [1.29, 1.82) is 0 Å². The van der Waals surface area contributed by atoms with Crippen molar-refractivity contribution < 1.29 is 9.90 Å². The summed E-state index contributed by atoms with van der Waals surface area (Å²) in [4.78, 5) is 14.8. The molecule has 0 radical (unpaired) electrons. The van der Waals surface area contributed by atoms with Crippen LogP contribution in [0, 0.1) is 0 Å². The van der Waals surface area contributed by atoms with E-state index in [0.717, 1.165) is 5.39 Å². The summed E-state index contributed by atoms with van der Waals surface area (Å²) in [5, 5.41) is 10.1. The summed E-state index contributed by atoms with van der Waals surface area (Å²) >= 11 is 5.94. The van der Waals surface area contributed by atoms with Gasteiger partial charge < -0.3 is 5.11 Å². The highest BCUT2D eigenvalue weighted by atomic mass is 35.5. The number of nitrogens with zero attached hydrogens (tertiary/aromatic N) is 1. The molecule has 2 aromatic rings. The highest BCUT2D eigenvalue weighted by Crippen LogP contribution is 2.24. The SMILES string of the molecule is O=C(O)Cc1c(Cl)ccc2cccnc12. The lowest BCUT2D eigenvalue weighted by Crippen LogP contribution is -2.02. The van der Waals surface area contributed by atoms with E-state index >= 15 is 0 Å². The first-order chi connectivity index (χ1) is 7.18. The molecule has 15 heavy (non-hydrogen) atoms. The van der Waals surface area contributed by atoms with Gasteiger partial charge in [-0.25, -0.2) is 0 Å². The number of carbonyl (C=O) groups is 1. The molecule has 0 aliphatic rings. The molecule has 0 saturated carbocycles. The number of aromatic nitrogens is 1. The predicted octanol–water partition coefficient (Wildman–Crippen LogP) is 2.52. The van der Waals surface area contributed by atoms with Crippen LogP contribution >= 0.6 is 11.6 Å². The molecule has 0 unspecified atom stereocenters. The van der Waals surface area contributed by atoms with Gasteiger partial charge in [0.25, 0.3) is 0 Å². The number of carboxylic acids is 1. The van der Waals surface area contributed by atoms with Gasteiger partial charge in [-0.05, 0) is 12.1 Å². The number of halogens is 1. The van der Waals surface area contributed by atoms with Crippen molar-refractivity contribution >= 4 is 28.5 Å². The molecular formula is C11H8ClNO2. The molecule has 0 atom stereocenters. The summed E-state index contributed by atoms with van der Waals surface area (Å²) in [5.74, 6) is -0.907. The van der Waals surface area contributed by atoms with Crippen LogP contribution in [0.2, 0.25) is 5.02 Å². The highest BCUT2D eigenvalue weighted by molar-refractivity contribution is 6.32. The minimum Gasteiger partial charge on any atom is -0.481 e. The third-order valence-electron chi connectivity index (χ3n) is 2.15. The predicted molar refractivity (Wildman–Crippen MR) is 58.1 cm³/mol. The van der Waals surface area contributed by atoms with Crippen molar-refractivity contribution in [1.82, 2.24) is 4.98 Å². The molecule has 4 heteroatoms. The van der Waals surface area contributed by atoms with Crippen LogP contribution in [0.1, 0.15) is 5.56 Å². The summed E-state index contributed by atoms with van der Waals surface area (Å²) in [6, 6.07) is 7.21. The van der Waals surface area contributed by atoms with Gasteiger partial charge in [0.1, 0.15) is 0 Å². The number of rotatable bonds is 2. The highest BCUT2D eigenvalue weighted by Gasteiger charge is 2.10. The molecule has 0 aliphatic carbocycles. The lowest BCUT2D eigenvalue weighted by molar-refractivity contribution is -0.136. The molecule has 0 aliphatic heterocycles. The van der Waals surface area contributed by atoms with Crippen LogP contribution in [0.3, 0.4) is 0 Å². The van der Waals surface area contributed by atoms with Crippen LogP contribution < -0.4 is 0 Å². The molecule has 1 aromatic heterocycles. The summed E-state index contributed by atoms with van der Waals surface area (Å²) in [5.41, 5.74) is 1.23. The van der Waals surface area contributed by atoms with E-state index in [1.165, 1.54) is 0 Å². The normalized spacial score (nSPS) is 10.5. The molecule has 1 N–H and O–H groups in total. The van der Waals surface area contributed by atoms with Gasteiger partial charge in [0.05, 0.1) is 11.9 Å². The lowest BCUT2D eigenvalue weighted by Gasteiger charge is -2.05. The number of hydrogen-bond acceptors (Lipinski definition) is 2. The minimum absolute atomic E-state index is 0.104. The zero-order valence-electron chi connectivity index (χ0n) is 7.77. The smallest absolute Gasteiger partial charge is 0.307 e. The van der Waals surface area contributed by atoms with Crippen LogP contribution in [-0.4, -0.2) is 16.1 Å². The van der Waals surface area contributed by atoms with Crippen LogP contribution in [0.4, 0.5) is 0 Å². The van der Waals surface area contributed by atoms with E-state index in [1.807, 2.05) is 12.1 Å². The largest absolute Gasteiger partial charge is 0.481 e. The fourth-order valence-electron chi connectivity index (χ4n) is 1.50. The van der Waals surface area contributed by atoms with Crippen LogP contribution in [0.5, 0.6) is 0 Å². The molecule has 3 nitrogen and oxygen atoms in total. The Morgan fingerprint density at radius 3 is 2.93 bits per heavy atom. The lowest BCUT2D eigenvalue weighted by atomic mass is 10.1. The fraction of sp³-hybridized carbons (Fsp3) is 0.0909. The maximum absolute atomic E-state index is 10.7. The molecule has 0 fully saturated rings. The van der Waals surface area contributed by atoms with Gasteiger partial charge in [-0.2, -0.15) is 0 Å². The summed E-state index contributed by atoms with van der Waals surface area (Å²) < 4.78 is 0. The third-order valence-corrected chi connectivity index (χ3v) is 2.50. The van der Waals surface area contributed by atoms with E-state index in [0.29, 0.717) is 16.1 Å². The zero-order chi connectivity index (χ0) is 10.8. The van der Waals surface area contributed by atoms with Crippen molar-refractivity contribution in [3.8, 4) is 0 Å². The fourth-order valence-corrected chi connectivity index (χ4v) is 1.72. The van der Waals surface area contributed by atoms with E-state index in [9.17, 15) is 4.79 Å². The molecule has 0 amide bonds. The van der Waals surface area contributed by atoms with E-state index < -0.39 is 5.97 Å². The molecule has 1 aromatic carbocycles. The van der Waals surface area contributed by atoms with E-state index in [1.54, 1.807) is 18.3 Å². The number of hydrogen-bond donors (Lipinski definition) is 1. The van der Waals surface area contributed by atoms with Gasteiger partial charge in [-0.15, -0.1) is 0 Å². The van der Waals surface area contributed by atoms with Gasteiger partial charge in [0, 0.05) is 22.2 Å². The van der Waals surface area contributed by atoms with Gasteiger partial charge in [0.15, 0.2) is 0 Å². The Morgan fingerprint density at radius 2 is 2.20 bits per heavy atom. The van der Waals surface area contributed by atoms with Gasteiger partial charge in [-0.1, -0.05) is 23.7 Å². The number of pyridine rings is 1. The maximum atomic E-state index is 10.7. The molecular weight excluding hydrogens is 214 g/mol. The standard InChI is InChI=1S/C11H8ClNO2/c12-9-4-3-7-2-1-5-13-11(7)8(9)6-10(14)15/h1-5H,6H2,(H,14,15). The van der Waals surface area contributed by atoms with E-state index in [-0.39, 0.29) is 6.42 Å². The molecule has 1 heterocycles. The van der Waals surface area contributed by atoms with Crippen LogP contribution in [-0.2, 0) is 11.2 Å². The van der Waals surface area contributed by atoms with Crippen LogP contribution in [0.25, 0.3) is 10.9 Å². The van der Waals surface area contributed by atoms with Crippen molar-refractivity contribution in [2.45, 2.75) is 6.42 Å². The monoisotopic (exact) mass is 221 g/mol. The van der Waals surface area contributed by atoms with Gasteiger partial charge in [0.2, 0.25) is 0 Å².